The Bertz CT molecular complexity index is 821. The summed E-state index contributed by atoms with van der Waals surface area (Å²) in [5.41, 5.74) is 2.77. The number of benzene rings is 1. The molecule has 0 aliphatic carbocycles. The van der Waals surface area contributed by atoms with Crippen molar-refractivity contribution in [3.8, 4) is 17.0 Å². The summed E-state index contributed by atoms with van der Waals surface area (Å²) in [5, 5.41) is 6.76. The maximum absolute atomic E-state index is 13.4. The molecular weight excluding hydrogens is 327 g/mol. The molecule has 0 atom stereocenters. The summed E-state index contributed by atoms with van der Waals surface area (Å²) in [5.74, 6) is -0.747. The Morgan fingerprint density at radius 2 is 2.08 bits per heavy atom. The minimum atomic E-state index is -0.489. The number of carbonyl (C=O) groups excluding carboxylic acids is 1. The summed E-state index contributed by atoms with van der Waals surface area (Å²) >= 11 is 1.59. The third kappa shape index (κ3) is 3.97. The Morgan fingerprint density at radius 3 is 2.88 bits per heavy atom. The monoisotopic (exact) mass is 342 g/mol. The molecule has 0 bridgehead atoms. The van der Waals surface area contributed by atoms with Gasteiger partial charge in [0.25, 0.3) is 5.91 Å². The van der Waals surface area contributed by atoms with E-state index in [1.165, 1.54) is 12.1 Å². The number of para-hydroxylation sites is 1. The van der Waals surface area contributed by atoms with Crippen LogP contribution in [0.1, 0.15) is 5.56 Å². The van der Waals surface area contributed by atoms with E-state index in [0.29, 0.717) is 6.54 Å². The Kier molecular flexibility index (Phi) is 5.18. The van der Waals surface area contributed by atoms with Crippen molar-refractivity contribution in [1.29, 1.82) is 0 Å². The van der Waals surface area contributed by atoms with Gasteiger partial charge in [-0.2, -0.15) is 11.3 Å². The van der Waals surface area contributed by atoms with Gasteiger partial charge in [-0.15, -0.1) is 0 Å². The van der Waals surface area contributed by atoms with Crippen molar-refractivity contribution in [1.82, 2.24) is 10.3 Å². The molecule has 3 aromatic rings. The van der Waals surface area contributed by atoms with Crippen LogP contribution in [0.3, 0.4) is 0 Å². The van der Waals surface area contributed by atoms with Crippen molar-refractivity contribution >= 4 is 17.2 Å². The summed E-state index contributed by atoms with van der Waals surface area (Å²) < 4.78 is 18.6. The lowest BCUT2D eigenvalue weighted by Crippen LogP contribution is -2.28. The summed E-state index contributed by atoms with van der Waals surface area (Å²) in [4.78, 5) is 16.3. The molecule has 0 aliphatic rings. The van der Waals surface area contributed by atoms with Crippen LogP contribution in [-0.2, 0) is 11.3 Å². The van der Waals surface area contributed by atoms with E-state index in [2.05, 4.69) is 10.3 Å². The second kappa shape index (κ2) is 7.70. The molecule has 0 fully saturated rings. The SMILES string of the molecule is O=C(COc1ccccc1F)NCc1cccnc1-c1ccsc1. The largest absolute Gasteiger partial charge is 0.481 e. The van der Waals surface area contributed by atoms with Crippen LogP contribution < -0.4 is 10.1 Å². The van der Waals surface area contributed by atoms with Gasteiger partial charge >= 0.3 is 0 Å². The first kappa shape index (κ1) is 16.1. The zero-order valence-electron chi connectivity index (χ0n) is 12.7. The highest BCUT2D eigenvalue weighted by atomic mass is 32.1. The van der Waals surface area contributed by atoms with E-state index in [9.17, 15) is 9.18 Å². The van der Waals surface area contributed by atoms with Gasteiger partial charge in [0, 0.05) is 23.7 Å². The zero-order valence-corrected chi connectivity index (χ0v) is 13.6. The highest BCUT2D eigenvalue weighted by molar-refractivity contribution is 7.08. The molecule has 4 nitrogen and oxygen atoms in total. The van der Waals surface area contributed by atoms with Crippen LogP contribution >= 0.6 is 11.3 Å². The Balaban J connectivity index is 1.58. The number of thiophene rings is 1. The molecule has 6 heteroatoms. The van der Waals surface area contributed by atoms with Crippen molar-refractivity contribution in [2.24, 2.45) is 0 Å². The van der Waals surface area contributed by atoms with Crippen molar-refractivity contribution in [3.05, 3.63) is 70.8 Å². The molecule has 1 aromatic carbocycles. The molecule has 3 rings (SSSR count). The van der Waals surface area contributed by atoms with Crippen molar-refractivity contribution in [3.63, 3.8) is 0 Å². The second-order valence-corrected chi connectivity index (χ2v) is 5.80. The minimum Gasteiger partial charge on any atom is -0.481 e. The van der Waals surface area contributed by atoms with Gasteiger partial charge in [-0.3, -0.25) is 9.78 Å². The number of ether oxygens (including phenoxy) is 1. The molecule has 0 unspecified atom stereocenters. The van der Waals surface area contributed by atoms with Crippen molar-refractivity contribution in [2.45, 2.75) is 6.54 Å². The molecule has 2 heterocycles. The molecule has 2 aromatic heterocycles. The molecular formula is C18H15FN2O2S. The number of rotatable bonds is 6. The fourth-order valence-corrected chi connectivity index (χ4v) is 2.83. The number of nitrogens with one attached hydrogen (secondary N) is 1. The Hall–Kier alpha value is -2.73. The van der Waals surface area contributed by atoms with Crippen LogP contribution in [0.4, 0.5) is 4.39 Å². The lowest BCUT2D eigenvalue weighted by Gasteiger charge is -2.10. The van der Waals surface area contributed by atoms with Crippen LogP contribution in [0.5, 0.6) is 5.75 Å². The summed E-state index contributed by atoms with van der Waals surface area (Å²) in [6.45, 7) is 0.0907. The molecule has 24 heavy (non-hydrogen) atoms. The first-order valence-corrected chi connectivity index (χ1v) is 8.29. The van der Waals surface area contributed by atoms with Gasteiger partial charge in [0.1, 0.15) is 0 Å². The van der Waals surface area contributed by atoms with Gasteiger partial charge in [0.05, 0.1) is 5.69 Å². The summed E-state index contributed by atoms with van der Waals surface area (Å²) in [6, 6.07) is 11.7. The van der Waals surface area contributed by atoms with Gasteiger partial charge in [-0.25, -0.2) is 4.39 Å². The smallest absolute Gasteiger partial charge is 0.258 e. The van der Waals surface area contributed by atoms with E-state index in [0.717, 1.165) is 16.8 Å². The van der Waals surface area contributed by atoms with E-state index >= 15 is 0 Å². The fourth-order valence-electron chi connectivity index (χ4n) is 2.19. The first-order chi connectivity index (χ1) is 11.7. The predicted molar refractivity (Wildman–Crippen MR) is 91.3 cm³/mol. The maximum Gasteiger partial charge on any atom is 0.258 e. The first-order valence-electron chi connectivity index (χ1n) is 7.34. The van der Waals surface area contributed by atoms with Crippen molar-refractivity contribution in [2.75, 3.05) is 6.61 Å². The topological polar surface area (TPSA) is 51.2 Å². The van der Waals surface area contributed by atoms with Gasteiger partial charge in [0.2, 0.25) is 0 Å². The standard InChI is InChI=1S/C18H15FN2O2S/c19-15-5-1-2-6-16(15)23-11-17(22)21-10-13-4-3-8-20-18(13)14-7-9-24-12-14/h1-9,12H,10-11H2,(H,21,22). The Morgan fingerprint density at radius 1 is 1.21 bits per heavy atom. The van der Waals surface area contributed by atoms with Gasteiger partial charge in [-0.1, -0.05) is 18.2 Å². The average Bonchev–Trinajstić information content (AvgIpc) is 3.14. The third-order valence-electron chi connectivity index (χ3n) is 3.36. The zero-order chi connectivity index (χ0) is 16.8. The van der Waals surface area contributed by atoms with E-state index < -0.39 is 5.82 Å². The molecule has 0 saturated heterocycles. The number of carbonyl (C=O) groups is 1. The number of nitrogens with zero attached hydrogens (tertiary/aromatic N) is 1. The number of hydrogen-bond donors (Lipinski definition) is 1. The average molecular weight is 342 g/mol. The van der Waals surface area contributed by atoms with Crippen molar-refractivity contribution < 1.29 is 13.9 Å². The van der Waals surface area contributed by atoms with E-state index in [1.54, 1.807) is 29.7 Å². The second-order valence-electron chi connectivity index (χ2n) is 5.02. The van der Waals surface area contributed by atoms with Crippen LogP contribution in [-0.4, -0.2) is 17.5 Å². The highest BCUT2D eigenvalue weighted by Gasteiger charge is 2.09. The molecule has 0 spiro atoms. The Labute approximate surface area is 142 Å². The molecule has 0 radical (unpaired) electrons. The number of aromatic nitrogens is 1. The molecule has 0 aliphatic heterocycles. The quantitative estimate of drug-likeness (QED) is 0.744. The molecule has 1 amide bonds. The molecule has 122 valence electrons. The lowest BCUT2D eigenvalue weighted by molar-refractivity contribution is -0.123. The van der Waals surface area contributed by atoms with Crippen LogP contribution in [0, 0.1) is 5.82 Å². The van der Waals surface area contributed by atoms with Crippen LogP contribution in [0.25, 0.3) is 11.3 Å². The van der Waals surface area contributed by atoms with E-state index in [-0.39, 0.29) is 18.3 Å². The normalized spacial score (nSPS) is 10.4. The van der Waals surface area contributed by atoms with Gasteiger partial charge < -0.3 is 10.1 Å². The number of hydrogen-bond acceptors (Lipinski definition) is 4. The minimum absolute atomic E-state index is 0.0630. The number of amides is 1. The predicted octanol–water partition coefficient (Wildman–Crippen LogP) is 3.64. The van der Waals surface area contributed by atoms with E-state index in [4.69, 9.17) is 4.74 Å². The summed E-state index contributed by atoms with van der Waals surface area (Å²) in [6.07, 6.45) is 1.72. The van der Waals surface area contributed by atoms with Gasteiger partial charge in [0.15, 0.2) is 18.2 Å². The summed E-state index contributed by atoms with van der Waals surface area (Å²) in [7, 11) is 0. The maximum atomic E-state index is 13.4. The lowest BCUT2D eigenvalue weighted by atomic mass is 10.1. The molecule has 1 N–H and O–H groups in total. The third-order valence-corrected chi connectivity index (χ3v) is 4.04. The van der Waals surface area contributed by atoms with E-state index in [1.807, 2.05) is 29.0 Å². The van der Waals surface area contributed by atoms with Crippen LogP contribution in [0.15, 0.2) is 59.4 Å². The number of pyridine rings is 1. The van der Waals surface area contributed by atoms with Gasteiger partial charge in [-0.05, 0) is 35.2 Å². The number of halogens is 1. The van der Waals surface area contributed by atoms with Crippen LogP contribution in [0.2, 0.25) is 0 Å². The fraction of sp³-hybridized carbons (Fsp3) is 0.111. The molecule has 0 saturated carbocycles. The highest BCUT2D eigenvalue weighted by Crippen LogP contribution is 2.23.